The Labute approximate surface area is 113 Å². The third-order valence-electron chi connectivity index (χ3n) is 1.68. The fraction of sp³-hybridized carbons (Fsp3) is 0.625. The highest BCUT2D eigenvalue weighted by Crippen LogP contribution is 2.35. The molecule has 0 radical (unpaired) electrons. The Hall–Kier alpha value is 0.460. The van der Waals surface area contributed by atoms with E-state index in [1.165, 1.54) is 4.68 Å². The van der Waals surface area contributed by atoms with Crippen LogP contribution < -0.4 is 0 Å². The van der Waals surface area contributed by atoms with Crippen LogP contribution >= 0.6 is 45.2 Å². The predicted octanol–water partition coefficient (Wildman–Crippen LogP) is 3.87. The fourth-order valence-electron chi connectivity index (χ4n) is 1.00. The molecule has 0 aromatic carbocycles. The van der Waals surface area contributed by atoms with Gasteiger partial charge in [-0.3, -0.25) is 4.68 Å². The summed E-state index contributed by atoms with van der Waals surface area (Å²) in [6.07, 6.45) is -4.38. The number of nitrogens with zero attached hydrogens (tertiary/aromatic N) is 2. The van der Waals surface area contributed by atoms with Crippen molar-refractivity contribution in [1.29, 1.82) is 0 Å². The molecular weight excluding hydrogens is 435 g/mol. The number of rotatable bonds is 0. The molecule has 0 saturated carbocycles. The van der Waals surface area contributed by atoms with Gasteiger partial charge in [-0.15, -0.1) is 0 Å². The van der Waals surface area contributed by atoms with Gasteiger partial charge in [-0.2, -0.15) is 18.3 Å². The molecule has 1 aromatic heterocycles. The average molecular weight is 444 g/mol. The second-order valence-corrected chi connectivity index (χ2v) is 6.13. The molecule has 0 aliphatic heterocycles. The molecule has 86 valence electrons. The fourth-order valence-corrected chi connectivity index (χ4v) is 2.73. The van der Waals surface area contributed by atoms with E-state index in [0.717, 1.165) is 0 Å². The Morgan fingerprint density at radius 2 is 1.60 bits per heavy atom. The van der Waals surface area contributed by atoms with Crippen molar-refractivity contribution in [3.8, 4) is 0 Å². The first-order valence-corrected chi connectivity index (χ1v) is 6.22. The van der Waals surface area contributed by atoms with Gasteiger partial charge in [0.1, 0.15) is 3.70 Å². The van der Waals surface area contributed by atoms with Gasteiger partial charge in [0.05, 0.1) is 9.11 Å². The summed E-state index contributed by atoms with van der Waals surface area (Å²) >= 11 is 3.56. The summed E-state index contributed by atoms with van der Waals surface area (Å²) in [4.78, 5) is 0. The molecule has 7 heteroatoms. The summed E-state index contributed by atoms with van der Waals surface area (Å²) in [6, 6.07) is 0. The number of halogens is 5. The van der Waals surface area contributed by atoms with Crippen LogP contribution in [0.1, 0.15) is 26.5 Å². The SMILES string of the molecule is CC(C)(C)n1nc(C(F)(F)F)c(I)c1I. The van der Waals surface area contributed by atoms with Gasteiger partial charge in [-0.1, -0.05) is 0 Å². The van der Waals surface area contributed by atoms with Gasteiger partial charge in [0, 0.05) is 0 Å². The molecule has 0 fully saturated rings. The second-order valence-electron chi connectivity index (χ2n) is 4.03. The summed E-state index contributed by atoms with van der Waals surface area (Å²) in [5.41, 5.74) is -1.25. The van der Waals surface area contributed by atoms with Gasteiger partial charge in [-0.05, 0) is 66.0 Å². The quantitative estimate of drug-likeness (QED) is 0.557. The van der Waals surface area contributed by atoms with Gasteiger partial charge in [0.15, 0.2) is 5.69 Å². The first-order valence-electron chi connectivity index (χ1n) is 4.07. The first kappa shape index (κ1) is 13.5. The van der Waals surface area contributed by atoms with Gasteiger partial charge in [0.2, 0.25) is 0 Å². The number of aromatic nitrogens is 2. The maximum atomic E-state index is 12.5. The Balaban J connectivity index is 3.38. The number of hydrogen-bond acceptors (Lipinski definition) is 1. The van der Waals surface area contributed by atoms with Crippen molar-refractivity contribution in [2.75, 3.05) is 0 Å². The minimum Gasteiger partial charge on any atom is -0.252 e. The highest BCUT2D eigenvalue weighted by atomic mass is 127. The van der Waals surface area contributed by atoms with E-state index in [-0.39, 0.29) is 3.57 Å². The molecule has 0 bridgehead atoms. The summed E-state index contributed by atoms with van der Waals surface area (Å²) < 4.78 is 39.7. The Morgan fingerprint density at radius 1 is 1.13 bits per heavy atom. The van der Waals surface area contributed by atoms with E-state index in [2.05, 4.69) is 5.10 Å². The van der Waals surface area contributed by atoms with Crippen LogP contribution in [0.25, 0.3) is 0 Å². The second kappa shape index (κ2) is 4.04. The van der Waals surface area contributed by atoms with E-state index in [1.807, 2.05) is 43.4 Å². The van der Waals surface area contributed by atoms with Gasteiger partial charge in [-0.25, -0.2) is 0 Å². The molecule has 0 aliphatic carbocycles. The van der Waals surface area contributed by atoms with Gasteiger partial charge < -0.3 is 0 Å². The van der Waals surface area contributed by atoms with E-state index in [0.29, 0.717) is 3.70 Å². The summed E-state index contributed by atoms with van der Waals surface area (Å²) in [5.74, 6) is 0. The maximum absolute atomic E-state index is 12.5. The van der Waals surface area contributed by atoms with E-state index in [4.69, 9.17) is 0 Å². The highest BCUT2D eigenvalue weighted by molar-refractivity contribution is 14.1. The molecule has 0 amide bonds. The lowest BCUT2D eigenvalue weighted by molar-refractivity contribution is -0.142. The smallest absolute Gasteiger partial charge is 0.252 e. The van der Waals surface area contributed by atoms with Crippen LogP contribution in [0.3, 0.4) is 0 Å². The van der Waals surface area contributed by atoms with E-state index in [1.54, 1.807) is 22.6 Å². The van der Waals surface area contributed by atoms with Crippen LogP contribution in [0.4, 0.5) is 13.2 Å². The minimum atomic E-state index is -4.38. The zero-order chi connectivity index (χ0) is 12.0. The topological polar surface area (TPSA) is 17.8 Å². The van der Waals surface area contributed by atoms with Crippen molar-refractivity contribution >= 4 is 45.2 Å². The molecule has 0 saturated heterocycles. The largest absolute Gasteiger partial charge is 0.436 e. The normalized spacial score (nSPS) is 13.3. The van der Waals surface area contributed by atoms with Crippen LogP contribution in [-0.4, -0.2) is 9.78 Å². The molecule has 1 heterocycles. The lowest BCUT2D eigenvalue weighted by Gasteiger charge is -2.20. The van der Waals surface area contributed by atoms with E-state index in [9.17, 15) is 13.2 Å². The Morgan fingerprint density at radius 3 is 1.80 bits per heavy atom. The highest BCUT2D eigenvalue weighted by Gasteiger charge is 2.39. The Kier molecular flexibility index (Phi) is 3.64. The molecule has 0 spiro atoms. The third kappa shape index (κ3) is 2.77. The monoisotopic (exact) mass is 444 g/mol. The maximum Gasteiger partial charge on any atom is 0.436 e. The van der Waals surface area contributed by atoms with Crippen LogP contribution in [0.2, 0.25) is 0 Å². The predicted molar refractivity (Wildman–Crippen MR) is 67.7 cm³/mol. The standard InChI is InChI=1S/C8H9F3I2N2/c1-7(2,3)15-6(13)4(12)5(14-15)8(9,10)11/h1-3H3. The van der Waals surface area contributed by atoms with Crippen molar-refractivity contribution in [3.63, 3.8) is 0 Å². The van der Waals surface area contributed by atoms with Crippen molar-refractivity contribution in [3.05, 3.63) is 13.0 Å². The van der Waals surface area contributed by atoms with Crippen molar-refractivity contribution in [2.45, 2.75) is 32.5 Å². The van der Waals surface area contributed by atoms with Crippen LogP contribution in [0.5, 0.6) is 0 Å². The zero-order valence-electron chi connectivity index (χ0n) is 8.28. The van der Waals surface area contributed by atoms with E-state index >= 15 is 0 Å². The van der Waals surface area contributed by atoms with Crippen molar-refractivity contribution < 1.29 is 13.2 Å². The number of alkyl halides is 3. The Bertz CT molecular complexity index is 342. The van der Waals surface area contributed by atoms with Gasteiger partial charge >= 0.3 is 6.18 Å². The average Bonchev–Trinajstić information content (AvgIpc) is 2.26. The molecule has 15 heavy (non-hydrogen) atoms. The molecule has 0 aliphatic rings. The van der Waals surface area contributed by atoms with Gasteiger partial charge in [0.25, 0.3) is 0 Å². The molecular formula is C8H9F3I2N2. The van der Waals surface area contributed by atoms with Crippen molar-refractivity contribution in [2.24, 2.45) is 0 Å². The summed E-state index contributed by atoms with van der Waals surface area (Å²) in [6.45, 7) is 5.45. The molecule has 2 nitrogen and oxygen atoms in total. The molecule has 0 N–H and O–H groups in total. The van der Waals surface area contributed by atoms with E-state index < -0.39 is 17.4 Å². The van der Waals surface area contributed by atoms with Crippen LogP contribution in [-0.2, 0) is 11.7 Å². The first-order chi connectivity index (χ1) is 6.55. The van der Waals surface area contributed by atoms with Crippen LogP contribution in [0.15, 0.2) is 0 Å². The lowest BCUT2D eigenvalue weighted by Crippen LogP contribution is -2.25. The number of hydrogen-bond donors (Lipinski definition) is 0. The molecule has 1 aromatic rings. The minimum absolute atomic E-state index is 0.163. The van der Waals surface area contributed by atoms with Crippen molar-refractivity contribution in [1.82, 2.24) is 9.78 Å². The molecule has 0 unspecified atom stereocenters. The molecule has 0 atom stereocenters. The lowest BCUT2D eigenvalue weighted by atomic mass is 10.1. The third-order valence-corrected chi connectivity index (χ3v) is 4.73. The summed E-state index contributed by atoms with van der Waals surface area (Å²) in [7, 11) is 0. The summed E-state index contributed by atoms with van der Waals surface area (Å²) in [5, 5.41) is 3.63. The zero-order valence-corrected chi connectivity index (χ0v) is 12.6. The molecule has 1 rings (SSSR count). The van der Waals surface area contributed by atoms with Crippen LogP contribution in [0, 0.1) is 7.27 Å².